The van der Waals surface area contributed by atoms with Crippen LogP contribution in [-0.4, -0.2) is 49.2 Å². The van der Waals surface area contributed by atoms with Gasteiger partial charge < -0.3 is 14.7 Å². The highest BCUT2D eigenvalue weighted by molar-refractivity contribution is 6.30. The third-order valence-corrected chi connectivity index (χ3v) is 5.23. The molecule has 0 saturated carbocycles. The van der Waals surface area contributed by atoms with Crippen molar-refractivity contribution < 1.29 is 0 Å². The fourth-order valence-electron chi connectivity index (χ4n) is 3.62. The highest BCUT2D eigenvalue weighted by Gasteiger charge is 2.21. The fraction of sp³-hybridized carbons (Fsp3) is 0.474. The van der Waals surface area contributed by atoms with E-state index in [0.717, 1.165) is 61.8 Å². The molecule has 0 atom stereocenters. The minimum absolute atomic E-state index is 0.793. The van der Waals surface area contributed by atoms with Crippen LogP contribution < -0.4 is 14.7 Å². The van der Waals surface area contributed by atoms with E-state index in [4.69, 9.17) is 16.6 Å². The van der Waals surface area contributed by atoms with Gasteiger partial charge in [-0.3, -0.25) is 0 Å². The minimum atomic E-state index is 0.793. The van der Waals surface area contributed by atoms with Gasteiger partial charge in [-0.15, -0.1) is 0 Å². The molecule has 0 N–H and O–H groups in total. The standard InChI is InChI=1S/C19H24ClN5/c1-15-13-18(22-19(21-15)25-7-2-3-8-25)24-11-9-23(10-12-24)17-6-4-5-16(20)14-17/h4-6,13-14H,2-3,7-12H2,1H3. The average molecular weight is 358 g/mol. The summed E-state index contributed by atoms with van der Waals surface area (Å²) in [6, 6.07) is 10.2. The molecule has 0 radical (unpaired) electrons. The van der Waals surface area contributed by atoms with Gasteiger partial charge in [0.05, 0.1) is 0 Å². The van der Waals surface area contributed by atoms with Gasteiger partial charge in [0.25, 0.3) is 0 Å². The van der Waals surface area contributed by atoms with Gasteiger partial charge in [-0.1, -0.05) is 17.7 Å². The lowest BCUT2D eigenvalue weighted by Gasteiger charge is -2.37. The maximum atomic E-state index is 6.13. The molecule has 5 nitrogen and oxygen atoms in total. The second kappa shape index (κ2) is 7.08. The average Bonchev–Trinajstić information content (AvgIpc) is 3.16. The maximum absolute atomic E-state index is 6.13. The van der Waals surface area contributed by atoms with Crippen LogP contribution in [0.1, 0.15) is 18.5 Å². The molecule has 3 heterocycles. The minimum Gasteiger partial charge on any atom is -0.368 e. The van der Waals surface area contributed by atoms with E-state index >= 15 is 0 Å². The van der Waals surface area contributed by atoms with Crippen LogP contribution in [0.25, 0.3) is 0 Å². The SMILES string of the molecule is Cc1cc(N2CCN(c3cccc(Cl)c3)CC2)nc(N2CCCC2)n1. The number of rotatable bonds is 3. The molecule has 4 rings (SSSR count). The van der Waals surface area contributed by atoms with Crippen molar-refractivity contribution in [2.75, 3.05) is 54.0 Å². The molecule has 2 aliphatic heterocycles. The third kappa shape index (κ3) is 3.66. The molecule has 2 aromatic rings. The van der Waals surface area contributed by atoms with E-state index in [1.807, 2.05) is 18.2 Å². The van der Waals surface area contributed by atoms with E-state index in [-0.39, 0.29) is 0 Å². The maximum Gasteiger partial charge on any atom is 0.227 e. The van der Waals surface area contributed by atoms with Crippen molar-refractivity contribution in [1.82, 2.24) is 9.97 Å². The molecule has 0 amide bonds. The summed E-state index contributed by atoms with van der Waals surface area (Å²) in [7, 11) is 0. The predicted octanol–water partition coefficient (Wildman–Crippen LogP) is 3.37. The van der Waals surface area contributed by atoms with Crippen LogP contribution in [0.5, 0.6) is 0 Å². The third-order valence-electron chi connectivity index (χ3n) is 4.99. The van der Waals surface area contributed by atoms with Crippen molar-refractivity contribution in [3.8, 4) is 0 Å². The van der Waals surface area contributed by atoms with Crippen molar-refractivity contribution in [3.05, 3.63) is 41.0 Å². The number of aryl methyl sites for hydroxylation is 1. The lowest BCUT2D eigenvalue weighted by Crippen LogP contribution is -2.47. The van der Waals surface area contributed by atoms with Crippen LogP contribution in [-0.2, 0) is 0 Å². The first kappa shape index (κ1) is 16.5. The molecule has 6 heteroatoms. The summed E-state index contributed by atoms with van der Waals surface area (Å²) >= 11 is 6.13. The monoisotopic (exact) mass is 357 g/mol. The first-order chi connectivity index (χ1) is 12.2. The Morgan fingerprint density at radius 1 is 0.840 bits per heavy atom. The van der Waals surface area contributed by atoms with E-state index in [1.165, 1.54) is 18.5 Å². The zero-order valence-corrected chi connectivity index (χ0v) is 15.4. The summed E-state index contributed by atoms with van der Waals surface area (Å²) in [6.07, 6.45) is 2.48. The van der Waals surface area contributed by atoms with Crippen LogP contribution in [0.2, 0.25) is 5.02 Å². The molecule has 2 aliphatic rings. The molecule has 25 heavy (non-hydrogen) atoms. The van der Waals surface area contributed by atoms with Crippen LogP contribution in [0.3, 0.4) is 0 Å². The molecule has 0 unspecified atom stereocenters. The Labute approximate surface area is 154 Å². The lowest BCUT2D eigenvalue weighted by molar-refractivity contribution is 0.645. The summed E-state index contributed by atoms with van der Waals surface area (Å²) in [6.45, 7) is 8.08. The van der Waals surface area contributed by atoms with Crippen LogP contribution in [0, 0.1) is 6.92 Å². The molecule has 1 aromatic heterocycles. The summed E-state index contributed by atoms with van der Waals surface area (Å²) in [4.78, 5) is 16.6. The quantitative estimate of drug-likeness (QED) is 0.841. The Bertz CT molecular complexity index is 736. The molecule has 1 aromatic carbocycles. The zero-order valence-electron chi connectivity index (χ0n) is 14.7. The molecule has 2 fully saturated rings. The Hall–Kier alpha value is -2.01. The van der Waals surface area contributed by atoms with Crippen LogP contribution in [0.4, 0.5) is 17.5 Å². The van der Waals surface area contributed by atoms with E-state index in [2.05, 4.69) is 38.7 Å². The molecular formula is C19H24ClN5. The van der Waals surface area contributed by atoms with Crippen LogP contribution in [0.15, 0.2) is 30.3 Å². The number of hydrogen-bond donors (Lipinski definition) is 0. The van der Waals surface area contributed by atoms with E-state index in [0.29, 0.717) is 0 Å². The molecule has 132 valence electrons. The first-order valence-corrected chi connectivity index (χ1v) is 9.43. The van der Waals surface area contributed by atoms with Gasteiger partial charge in [0.15, 0.2) is 0 Å². The zero-order chi connectivity index (χ0) is 17.2. The van der Waals surface area contributed by atoms with Gasteiger partial charge >= 0.3 is 0 Å². The molecule has 0 bridgehead atoms. The van der Waals surface area contributed by atoms with Crippen molar-refractivity contribution in [1.29, 1.82) is 0 Å². The van der Waals surface area contributed by atoms with Crippen molar-refractivity contribution in [2.45, 2.75) is 19.8 Å². The Morgan fingerprint density at radius 3 is 2.28 bits per heavy atom. The van der Waals surface area contributed by atoms with Gasteiger partial charge in [-0.05, 0) is 38.0 Å². The number of piperazine rings is 1. The molecule has 2 saturated heterocycles. The number of hydrogen-bond acceptors (Lipinski definition) is 5. The Kier molecular flexibility index (Phi) is 4.66. The Morgan fingerprint density at radius 2 is 1.56 bits per heavy atom. The van der Waals surface area contributed by atoms with Gasteiger partial charge in [0, 0.05) is 61.7 Å². The number of halogens is 1. The highest BCUT2D eigenvalue weighted by atomic mass is 35.5. The Balaban J connectivity index is 1.47. The lowest BCUT2D eigenvalue weighted by atomic mass is 10.2. The topological polar surface area (TPSA) is 35.5 Å². The van der Waals surface area contributed by atoms with Gasteiger partial charge in [-0.2, -0.15) is 4.98 Å². The summed E-state index contributed by atoms with van der Waals surface area (Å²) < 4.78 is 0. The van der Waals surface area contributed by atoms with Gasteiger partial charge in [0.2, 0.25) is 5.95 Å². The second-order valence-electron chi connectivity index (χ2n) is 6.82. The van der Waals surface area contributed by atoms with E-state index < -0.39 is 0 Å². The number of anilines is 3. The normalized spacial score (nSPS) is 18.1. The largest absolute Gasteiger partial charge is 0.368 e. The molecule has 0 spiro atoms. The number of aromatic nitrogens is 2. The molecular weight excluding hydrogens is 334 g/mol. The fourth-order valence-corrected chi connectivity index (χ4v) is 3.81. The second-order valence-corrected chi connectivity index (χ2v) is 7.25. The summed E-state index contributed by atoms with van der Waals surface area (Å²) in [5.41, 5.74) is 2.24. The summed E-state index contributed by atoms with van der Waals surface area (Å²) in [5.74, 6) is 1.95. The van der Waals surface area contributed by atoms with Crippen molar-refractivity contribution >= 4 is 29.1 Å². The molecule has 0 aliphatic carbocycles. The number of benzene rings is 1. The number of nitrogens with zero attached hydrogens (tertiary/aromatic N) is 5. The van der Waals surface area contributed by atoms with Gasteiger partial charge in [-0.25, -0.2) is 4.98 Å². The van der Waals surface area contributed by atoms with Gasteiger partial charge in [0.1, 0.15) is 5.82 Å². The summed E-state index contributed by atoms with van der Waals surface area (Å²) in [5, 5.41) is 0.793. The van der Waals surface area contributed by atoms with E-state index in [9.17, 15) is 0 Å². The predicted molar refractivity (Wildman–Crippen MR) is 104 cm³/mol. The van der Waals surface area contributed by atoms with Crippen molar-refractivity contribution in [2.24, 2.45) is 0 Å². The van der Waals surface area contributed by atoms with Crippen LogP contribution >= 0.6 is 11.6 Å². The highest BCUT2D eigenvalue weighted by Crippen LogP contribution is 2.24. The van der Waals surface area contributed by atoms with E-state index in [1.54, 1.807) is 0 Å². The smallest absolute Gasteiger partial charge is 0.227 e. The van der Waals surface area contributed by atoms with Crippen molar-refractivity contribution in [3.63, 3.8) is 0 Å². The first-order valence-electron chi connectivity index (χ1n) is 9.05.